The molecule has 0 spiro atoms. The Morgan fingerprint density at radius 3 is 2.22 bits per heavy atom. The first kappa shape index (κ1) is 21.9. The van der Waals surface area contributed by atoms with Crippen LogP contribution < -0.4 is 9.47 Å². The molecule has 0 bridgehead atoms. The molecule has 1 fully saturated rings. The molecule has 2 rings (SSSR count). The summed E-state index contributed by atoms with van der Waals surface area (Å²) in [6.45, 7) is 4.35. The number of carbonyl (C=O) groups excluding carboxylic acids is 1. The Morgan fingerprint density at radius 2 is 1.74 bits per heavy atom. The number of hydrogen-bond acceptors (Lipinski definition) is 4. The first-order valence-corrected chi connectivity index (χ1v) is 11.7. The number of Topliss-reactive ketones (excluding diaryl/α,β-unsaturated/α-hetero) is 1. The number of methoxy groups -OCH3 is 2. The molecule has 1 aliphatic rings. The third kappa shape index (κ3) is 4.71. The average molecular weight is 393 g/mol. The van der Waals surface area contributed by atoms with Crippen molar-refractivity contribution in [1.82, 2.24) is 0 Å². The predicted molar refractivity (Wildman–Crippen MR) is 111 cm³/mol. The van der Waals surface area contributed by atoms with Crippen molar-refractivity contribution < 1.29 is 18.8 Å². The van der Waals surface area contributed by atoms with Gasteiger partial charge in [-0.1, -0.05) is 52.0 Å². The smallest absolute Gasteiger partial charge is 0.187 e. The maximum Gasteiger partial charge on any atom is 0.187 e. The van der Waals surface area contributed by atoms with Gasteiger partial charge in [0.05, 0.1) is 22.0 Å². The number of rotatable bonds is 11. The van der Waals surface area contributed by atoms with E-state index in [0.717, 1.165) is 38.5 Å². The molecule has 2 unspecified atom stereocenters. The zero-order valence-electron chi connectivity index (χ0n) is 17.3. The first-order chi connectivity index (χ1) is 13.0. The maximum atomic E-state index is 13.7. The van der Waals surface area contributed by atoms with E-state index in [-0.39, 0.29) is 5.78 Å². The maximum absolute atomic E-state index is 13.7. The van der Waals surface area contributed by atoms with E-state index in [1.807, 2.05) is 6.07 Å². The van der Waals surface area contributed by atoms with Gasteiger partial charge in [-0.3, -0.25) is 9.36 Å². The third-order valence-electron chi connectivity index (χ3n) is 5.95. The highest BCUT2D eigenvalue weighted by Crippen LogP contribution is 2.55. The quantitative estimate of drug-likeness (QED) is 0.330. The minimum atomic E-state index is -1.64. The molecule has 0 amide bonds. The molecule has 0 saturated heterocycles. The van der Waals surface area contributed by atoms with Crippen molar-refractivity contribution in [2.75, 3.05) is 20.4 Å². The fraction of sp³-hybridized carbons (Fsp3) is 0.682. The fourth-order valence-corrected chi connectivity index (χ4v) is 6.60. The lowest BCUT2D eigenvalue weighted by atomic mass is 9.93. The van der Waals surface area contributed by atoms with Crippen molar-refractivity contribution in [3.8, 4) is 11.5 Å². The highest BCUT2D eigenvalue weighted by molar-refractivity contribution is 7.48. The van der Waals surface area contributed by atoms with E-state index in [4.69, 9.17) is 9.47 Å². The molecule has 5 heteroatoms. The van der Waals surface area contributed by atoms with Gasteiger partial charge in [-0.05, 0) is 37.3 Å². The summed E-state index contributed by atoms with van der Waals surface area (Å²) in [4.78, 5) is 13.7. The topological polar surface area (TPSA) is 52.6 Å². The number of carbonyl (C=O) groups is 1. The van der Waals surface area contributed by atoms with Crippen LogP contribution in [0.4, 0.5) is 0 Å². The van der Waals surface area contributed by atoms with E-state index in [2.05, 4.69) is 13.8 Å². The van der Waals surface area contributed by atoms with Crippen molar-refractivity contribution >= 4 is 13.6 Å². The van der Waals surface area contributed by atoms with Gasteiger partial charge in [-0.2, -0.15) is 0 Å². The fourth-order valence-electron chi connectivity index (χ4n) is 4.18. The van der Waals surface area contributed by atoms with Gasteiger partial charge in [0.2, 0.25) is 0 Å². The molecular weight excluding hydrogens is 359 g/mol. The largest absolute Gasteiger partial charge is 0.496 e. The second-order valence-corrected chi connectivity index (χ2v) is 9.56. The van der Waals surface area contributed by atoms with Crippen LogP contribution in [0.1, 0.15) is 75.6 Å². The van der Waals surface area contributed by atoms with Crippen LogP contribution in [0, 0.1) is 5.92 Å². The Hall–Kier alpha value is -1.41. The van der Waals surface area contributed by atoms with E-state index in [0.29, 0.717) is 42.0 Å². The Kier molecular flexibility index (Phi) is 8.28. The Labute approximate surface area is 164 Å². The minimum Gasteiger partial charge on any atom is -0.496 e. The van der Waals surface area contributed by atoms with Gasteiger partial charge in [0.25, 0.3) is 0 Å². The zero-order chi connectivity index (χ0) is 19.9. The monoisotopic (exact) mass is 393 g/mol. The molecular formula is C22H34O4P. The second kappa shape index (κ2) is 10.2. The Morgan fingerprint density at radius 1 is 1.15 bits per heavy atom. The Balaban J connectivity index is 2.36. The van der Waals surface area contributed by atoms with Crippen molar-refractivity contribution in [3.05, 3.63) is 23.8 Å². The average Bonchev–Trinajstić information content (AvgIpc) is 3.20. The molecule has 0 aromatic heterocycles. The summed E-state index contributed by atoms with van der Waals surface area (Å²) < 4.78 is 24.5. The van der Waals surface area contributed by atoms with Gasteiger partial charge in [0.15, 0.2) is 5.78 Å². The molecule has 1 aromatic carbocycles. The molecule has 0 heterocycles. The van der Waals surface area contributed by atoms with Crippen molar-refractivity contribution in [1.29, 1.82) is 0 Å². The van der Waals surface area contributed by atoms with E-state index in [1.165, 1.54) is 0 Å². The van der Waals surface area contributed by atoms with E-state index in [9.17, 15) is 9.36 Å². The number of unbranched alkanes of at least 4 members (excludes halogenated alkanes) is 1. The van der Waals surface area contributed by atoms with Gasteiger partial charge >= 0.3 is 0 Å². The Bertz CT molecular complexity index is 627. The summed E-state index contributed by atoms with van der Waals surface area (Å²) in [5.41, 5.74) is 0.453. The van der Waals surface area contributed by atoms with Crippen LogP contribution in [-0.2, 0) is 4.57 Å². The van der Waals surface area contributed by atoms with Crippen LogP contribution in [0.25, 0.3) is 0 Å². The van der Waals surface area contributed by atoms with Crippen molar-refractivity contribution in [2.45, 2.75) is 70.4 Å². The van der Waals surface area contributed by atoms with Gasteiger partial charge in [0.1, 0.15) is 22.2 Å². The molecule has 2 atom stereocenters. The summed E-state index contributed by atoms with van der Waals surface area (Å²) in [7, 11) is 1.48. The van der Waals surface area contributed by atoms with Crippen LogP contribution in [-0.4, -0.2) is 31.3 Å². The summed E-state index contributed by atoms with van der Waals surface area (Å²) in [6, 6.07) is 5.37. The summed E-state index contributed by atoms with van der Waals surface area (Å²) in [5, 5.41) is -0.767. The van der Waals surface area contributed by atoms with Gasteiger partial charge in [0, 0.05) is 6.16 Å². The molecule has 1 aromatic rings. The molecule has 4 nitrogen and oxygen atoms in total. The molecule has 1 saturated carbocycles. The summed E-state index contributed by atoms with van der Waals surface area (Å²) in [6.07, 6.45) is 8.37. The van der Waals surface area contributed by atoms with E-state index >= 15 is 0 Å². The molecule has 1 aliphatic carbocycles. The molecule has 1 radical (unpaired) electrons. The van der Waals surface area contributed by atoms with Gasteiger partial charge in [-0.15, -0.1) is 0 Å². The number of benzene rings is 1. The van der Waals surface area contributed by atoms with Crippen molar-refractivity contribution in [2.24, 2.45) is 5.92 Å². The molecule has 0 aliphatic heterocycles. The summed E-state index contributed by atoms with van der Waals surface area (Å²) in [5.74, 6) is 1.39. The SMILES string of the molecule is CCCCC(CC)C[P](=O)C1(C(=O)c2c(OC)cccc2OC)CCCC1. The van der Waals surface area contributed by atoms with Gasteiger partial charge in [-0.25, -0.2) is 0 Å². The second-order valence-electron chi connectivity index (χ2n) is 7.58. The normalized spacial score (nSPS) is 17.4. The van der Waals surface area contributed by atoms with Crippen LogP contribution in [0.15, 0.2) is 18.2 Å². The van der Waals surface area contributed by atoms with E-state index < -0.39 is 13.0 Å². The molecule has 151 valence electrons. The standard InChI is InChI=1S/C22H34O4P/c1-5-7-11-17(6-2)16-27(24)22(14-8-9-15-22)21(23)20-18(25-3)12-10-13-19(20)26-4/h10,12-13,17H,5-9,11,14-16H2,1-4H3. The lowest BCUT2D eigenvalue weighted by Crippen LogP contribution is -2.34. The number of hydrogen-bond donors (Lipinski definition) is 0. The third-order valence-corrected chi connectivity index (χ3v) is 8.41. The van der Waals surface area contributed by atoms with Crippen LogP contribution >= 0.6 is 7.80 Å². The number of ether oxygens (including phenoxy) is 2. The predicted octanol–water partition coefficient (Wildman–Crippen LogP) is 6.24. The summed E-state index contributed by atoms with van der Waals surface area (Å²) >= 11 is 0. The first-order valence-electron chi connectivity index (χ1n) is 10.2. The molecule has 27 heavy (non-hydrogen) atoms. The van der Waals surface area contributed by atoms with Crippen LogP contribution in [0.3, 0.4) is 0 Å². The highest BCUT2D eigenvalue weighted by Gasteiger charge is 2.49. The van der Waals surface area contributed by atoms with Gasteiger partial charge < -0.3 is 9.47 Å². The van der Waals surface area contributed by atoms with Crippen LogP contribution in [0.5, 0.6) is 11.5 Å². The van der Waals surface area contributed by atoms with Crippen LogP contribution in [0.2, 0.25) is 0 Å². The van der Waals surface area contributed by atoms with Crippen molar-refractivity contribution in [3.63, 3.8) is 0 Å². The van der Waals surface area contributed by atoms with E-state index in [1.54, 1.807) is 26.4 Å². The lowest BCUT2D eigenvalue weighted by Gasteiger charge is -2.29. The lowest BCUT2D eigenvalue weighted by molar-refractivity contribution is 0.0933. The highest BCUT2D eigenvalue weighted by atomic mass is 31.1. The minimum absolute atomic E-state index is 0.0549. The zero-order valence-corrected chi connectivity index (χ0v) is 18.1. The molecule has 0 N–H and O–H groups in total. The number of ketones is 1.